The van der Waals surface area contributed by atoms with E-state index >= 15 is 0 Å². The van der Waals surface area contributed by atoms with E-state index in [1.54, 1.807) is 17.0 Å². The van der Waals surface area contributed by atoms with Crippen molar-refractivity contribution in [1.29, 1.82) is 0 Å². The molecule has 0 atom stereocenters. The van der Waals surface area contributed by atoms with Gasteiger partial charge in [-0.3, -0.25) is 4.79 Å². The molecule has 4 aromatic rings. The highest BCUT2D eigenvalue weighted by molar-refractivity contribution is 7.89. The number of nitrogens with zero attached hydrogens (tertiary/aromatic N) is 2. The van der Waals surface area contributed by atoms with Crippen LogP contribution in [0.15, 0.2) is 108 Å². The largest absolute Gasteiger partial charge is 0.333 e. The lowest BCUT2D eigenvalue weighted by atomic mass is 10.1. The van der Waals surface area contributed by atoms with E-state index in [0.717, 1.165) is 21.0 Å². The molecule has 0 saturated heterocycles. The molecule has 0 unspecified atom stereocenters. The number of hydrogen-bond donors (Lipinski definition) is 0. The van der Waals surface area contributed by atoms with Crippen molar-refractivity contribution in [1.82, 2.24) is 9.21 Å². The van der Waals surface area contributed by atoms with Crippen molar-refractivity contribution in [2.24, 2.45) is 0 Å². The normalized spacial score (nSPS) is 11.5. The minimum absolute atomic E-state index is 0.00956. The van der Waals surface area contributed by atoms with Gasteiger partial charge >= 0.3 is 0 Å². The first-order valence-electron chi connectivity index (χ1n) is 12.1. The van der Waals surface area contributed by atoms with E-state index in [4.69, 9.17) is 11.6 Å². The second kappa shape index (κ2) is 12.3. The summed E-state index contributed by atoms with van der Waals surface area (Å²) in [6.07, 6.45) is 0. The molecule has 0 spiro atoms. The minimum Gasteiger partial charge on any atom is -0.333 e. The third kappa shape index (κ3) is 6.86. The second-order valence-corrected chi connectivity index (χ2v) is 11.4. The average Bonchev–Trinajstić information content (AvgIpc) is 2.91. The number of carbonyl (C=O) groups is 1. The fourth-order valence-corrected chi connectivity index (χ4v) is 5.62. The lowest BCUT2D eigenvalue weighted by Gasteiger charge is -2.28. The Morgan fingerprint density at radius 1 is 0.763 bits per heavy atom. The van der Waals surface area contributed by atoms with E-state index in [1.807, 2.05) is 67.6 Å². The number of hydrogen-bond acceptors (Lipinski definition) is 3. The third-order valence-corrected chi connectivity index (χ3v) is 8.31. The van der Waals surface area contributed by atoms with Crippen LogP contribution in [0.2, 0.25) is 5.02 Å². The summed E-state index contributed by atoms with van der Waals surface area (Å²) in [6, 6.07) is 29.4. The molecular formula is C30H28ClFN2O3S. The van der Waals surface area contributed by atoms with E-state index in [2.05, 4.69) is 0 Å². The number of rotatable bonds is 10. The number of benzene rings is 4. The molecule has 0 N–H and O–H groups in total. The van der Waals surface area contributed by atoms with Crippen LogP contribution in [0, 0.1) is 12.7 Å². The zero-order valence-electron chi connectivity index (χ0n) is 20.9. The summed E-state index contributed by atoms with van der Waals surface area (Å²) in [7, 11) is -4.16. The Morgan fingerprint density at radius 2 is 1.32 bits per heavy atom. The maximum absolute atomic E-state index is 14.7. The van der Waals surface area contributed by atoms with E-state index in [9.17, 15) is 17.6 Å². The summed E-state index contributed by atoms with van der Waals surface area (Å²) in [5.41, 5.74) is 2.71. The molecule has 1 amide bonds. The van der Waals surface area contributed by atoms with Crippen molar-refractivity contribution in [2.45, 2.75) is 31.5 Å². The molecule has 196 valence electrons. The van der Waals surface area contributed by atoms with Crippen LogP contribution in [0.5, 0.6) is 0 Å². The molecule has 0 bridgehead atoms. The zero-order chi connectivity index (χ0) is 27.1. The Hall–Kier alpha value is -3.52. The number of carbonyl (C=O) groups excluding carboxylic acids is 1. The smallest absolute Gasteiger partial charge is 0.243 e. The van der Waals surface area contributed by atoms with Gasteiger partial charge < -0.3 is 4.90 Å². The highest BCUT2D eigenvalue weighted by atomic mass is 35.5. The molecule has 5 nitrogen and oxygen atoms in total. The highest BCUT2D eigenvalue weighted by Crippen LogP contribution is 2.25. The molecule has 0 fully saturated rings. The van der Waals surface area contributed by atoms with Gasteiger partial charge in [0, 0.05) is 30.2 Å². The monoisotopic (exact) mass is 550 g/mol. The fourth-order valence-electron chi connectivity index (χ4n) is 4.04. The topological polar surface area (TPSA) is 57.7 Å². The lowest BCUT2D eigenvalue weighted by Crippen LogP contribution is -2.42. The fraction of sp³-hybridized carbons (Fsp3) is 0.167. The number of aryl methyl sites for hydroxylation is 1. The predicted octanol–water partition coefficient (Wildman–Crippen LogP) is 6.21. The van der Waals surface area contributed by atoms with Crippen molar-refractivity contribution in [3.05, 3.63) is 136 Å². The van der Waals surface area contributed by atoms with Crippen LogP contribution in [-0.4, -0.2) is 30.1 Å². The van der Waals surface area contributed by atoms with Crippen LogP contribution in [0.4, 0.5) is 4.39 Å². The van der Waals surface area contributed by atoms with Crippen LogP contribution in [0.25, 0.3) is 0 Å². The van der Waals surface area contributed by atoms with Crippen LogP contribution in [-0.2, 0) is 34.5 Å². The van der Waals surface area contributed by atoms with Crippen molar-refractivity contribution in [3.63, 3.8) is 0 Å². The summed E-state index contributed by atoms with van der Waals surface area (Å²) in [5.74, 6) is -1.06. The zero-order valence-corrected chi connectivity index (χ0v) is 22.5. The van der Waals surface area contributed by atoms with Crippen LogP contribution >= 0.6 is 11.6 Å². The Morgan fingerprint density at radius 3 is 1.84 bits per heavy atom. The summed E-state index contributed by atoms with van der Waals surface area (Å²) in [4.78, 5) is 15.4. The quantitative estimate of drug-likeness (QED) is 0.236. The standard InChI is InChI=1S/C30H28ClFN2O3S/c1-23-15-17-26(18-16-23)38(36,37)34(21-27-28(31)13-8-14-29(27)32)22-30(35)33(19-24-9-4-2-5-10-24)20-25-11-6-3-7-12-25/h2-18H,19-22H2,1H3. The number of halogens is 2. The van der Waals surface area contributed by atoms with Crippen LogP contribution in [0.1, 0.15) is 22.3 Å². The Kier molecular flexibility index (Phi) is 8.94. The van der Waals surface area contributed by atoms with E-state index in [1.165, 1.54) is 30.3 Å². The molecular weight excluding hydrogens is 523 g/mol. The third-order valence-electron chi connectivity index (χ3n) is 6.15. The SMILES string of the molecule is Cc1ccc(S(=O)(=O)N(CC(=O)N(Cc2ccccc2)Cc2ccccc2)Cc2c(F)cccc2Cl)cc1. The van der Waals surface area contributed by atoms with Gasteiger partial charge in [-0.15, -0.1) is 0 Å². The molecule has 0 aliphatic rings. The van der Waals surface area contributed by atoms with Gasteiger partial charge in [-0.2, -0.15) is 4.31 Å². The first-order chi connectivity index (χ1) is 18.2. The van der Waals surface area contributed by atoms with Crippen molar-refractivity contribution in [3.8, 4) is 0 Å². The number of sulfonamides is 1. The van der Waals surface area contributed by atoms with Gasteiger partial charge in [-0.1, -0.05) is 96.0 Å². The maximum Gasteiger partial charge on any atom is 0.243 e. The first-order valence-corrected chi connectivity index (χ1v) is 13.9. The van der Waals surface area contributed by atoms with Gasteiger partial charge in [-0.25, -0.2) is 12.8 Å². The lowest BCUT2D eigenvalue weighted by molar-refractivity contribution is -0.132. The molecule has 38 heavy (non-hydrogen) atoms. The summed E-state index contributed by atoms with van der Waals surface area (Å²) >= 11 is 6.25. The molecule has 4 rings (SSSR count). The molecule has 0 aromatic heterocycles. The molecule has 0 radical (unpaired) electrons. The van der Waals surface area contributed by atoms with Crippen molar-refractivity contribution >= 4 is 27.5 Å². The second-order valence-electron chi connectivity index (χ2n) is 9.01. The molecule has 8 heteroatoms. The molecule has 0 saturated carbocycles. The predicted molar refractivity (Wildman–Crippen MR) is 147 cm³/mol. The van der Waals surface area contributed by atoms with Gasteiger partial charge in [0.15, 0.2) is 0 Å². The van der Waals surface area contributed by atoms with Gasteiger partial charge in [0.25, 0.3) is 0 Å². The molecule has 0 aliphatic carbocycles. The van der Waals surface area contributed by atoms with Crippen molar-refractivity contribution in [2.75, 3.05) is 6.54 Å². The minimum atomic E-state index is -4.16. The first kappa shape index (κ1) is 27.5. The van der Waals surface area contributed by atoms with Gasteiger partial charge in [0.05, 0.1) is 11.4 Å². The highest BCUT2D eigenvalue weighted by Gasteiger charge is 2.30. The maximum atomic E-state index is 14.7. The average molecular weight is 551 g/mol. The van der Waals surface area contributed by atoms with E-state index in [0.29, 0.717) is 0 Å². The van der Waals surface area contributed by atoms with Crippen LogP contribution < -0.4 is 0 Å². The number of amides is 1. The molecule has 0 aliphatic heterocycles. The van der Waals surface area contributed by atoms with E-state index < -0.39 is 34.8 Å². The molecule has 0 heterocycles. The van der Waals surface area contributed by atoms with Gasteiger partial charge in [0.1, 0.15) is 5.82 Å². The summed E-state index contributed by atoms with van der Waals surface area (Å²) in [6.45, 7) is 1.54. The Balaban J connectivity index is 1.69. The summed E-state index contributed by atoms with van der Waals surface area (Å²) in [5, 5.41) is 0.0898. The summed E-state index contributed by atoms with van der Waals surface area (Å²) < 4.78 is 43.2. The van der Waals surface area contributed by atoms with Crippen LogP contribution in [0.3, 0.4) is 0 Å². The Labute approximate surface area is 228 Å². The van der Waals surface area contributed by atoms with Crippen molar-refractivity contribution < 1.29 is 17.6 Å². The van der Waals surface area contributed by atoms with E-state index in [-0.39, 0.29) is 28.6 Å². The Bertz CT molecular complexity index is 1420. The van der Waals surface area contributed by atoms with Gasteiger partial charge in [0.2, 0.25) is 15.9 Å². The van der Waals surface area contributed by atoms with Gasteiger partial charge in [-0.05, 0) is 42.3 Å². The molecule has 4 aromatic carbocycles.